The molecule has 1 atom stereocenters. The summed E-state index contributed by atoms with van der Waals surface area (Å²) in [6, 6.07) is 10.2. The van der Waals surface area contributed by atoms with Crippen LogP contribution in [0.1, 0.15) is 22.3 Å². The van der Waals surface area contributed by atoms with E-state index in [1.807, 2.05) is 0 Å². The number of carbonyl (C=O) groups excluding carboxylic acids is 2. The maximum absolute atomic E-state index is 12.9. The molecule has 2 aromatic rings. The number of non-ortho nitro benzene ring substituents is 1. The molecule has 0 fully saturated rings. The fourth-order valence-electron chi connectivity index (χ4n) is 3.13. The molecule has 138 valence electrons. The summed E-state index contributed by atoms with van der Waals surface area (Å²) in [6.07, 6.45) is 1.00. The van der Waals surface area contributed by atoms with Crippen molar-refractivity contribution >= 4 is 39.0 Å². The molecule has 1 aliphatic heterocycles. The van der Waals surface area contributed by atoms with Crippen molar-refractivity contribution in [3.05, 3.63) is 80.8 Å². The Morgan fingerprint density at radius 3 is 2.74 bits per heavy atom. The summed E-state index contributed by atoms with van der Waals surface area (Å²) in [5.74, 6) is -1.20. The Morgan fingerprint density at radius 2 is 2.07 bits per heavy atom. The number of hydrogen-bond acceptors (Lipinski definition) is 5. The lowest BCUT2D eigenvalue weighted by Crippen LogP contribution is -2.41. The molecular weight excluding hydrogens is 416 g/mol. The van der Waals surface area contributed by atoms with Gasteiger partial charge in [-0.15, -0.1) is 6.58 Å². The van der Waals surface area contributed by atoms with Crippen molar-refractivity contribution in [1.29, 1.82) is 0 Å². The van der Waals surface area contributed by atoms with Crippen molar-refractivity contribution in [2.75, 3.05) is 11.4 Å². The zero-order chi connectivity index (χ0) is 19.8. The standard InChI is InChI=1S/C19H15BrN2O5/c1-2-8-21-16-7-6-13(20)10-15(16)19(25,18(21)24)11-17(23)12-4-3-5-14(9-12)22(26)27/h2-7,9-10,25H,1,8,11H2/t19-/m1/s1. The summed E-state index contributed by atoms with van der Waals surface area (Å²) in [5, 5.41) is 22.1. The minimum atomic E-state index is -2.05. The van der Waals surface area contributed by atoms with Crippen LogP contribution in [0.4, 0.5) is 11.4 Å². The van der Waals surface area contributed by atoms with Gasteiger partial charge in [0.25, 0.3) is 11.6 Å². The van der Waals surface area contributed by atoms with E-state index in [1.165, 1.54) is 29.2 Å². The highest BCUT2D eigenvalue weighted by molar-refractivity contribution is 9.10. The van der Waals surface area contributed by atoms with Gasteiger partial charge >= 0.3 is 0 Å². The van der Waals surface area contributed by atoms with Crippen LogP contribution in [0.25, 0.3) is 0 Å². The summed E-state index contributed by atoms with van der Waals surface area (Å²) in [6.45, 7) is 3.80. The molecule has 8 heteroatoms. The Hall–Kier alpha value is -2.84. The molecule has 3 rings (SSSR count). The van der Waals surface area contributed by atoms with Crippen LogP contribution < -0.4 is 4.90 Å². The van der Waals surface area contributed by atoms with E-state index < -0.39 is 28.6 Å². The highest BCUT2D eigenvalue weighted by Gasteiger charge is 2.50. The fraction of sp³-hybridized carbons (Fsp3) is 0.158. The lowest BCUT2D eigenvalue weighted by molar-refractivity contribution is -0.384. The third kappa shape index (κ3) is 3.29. The summed E-state index contributed by atoms with van der Waals surface area (Å²) in [7, 11) is 0. The van der Waals surface area contributed by atoms with E-state index in [1.54, 1.807) is 18.2 Å². The second kappa shape index (κ2) is 7.05. The van der Waals surface area contributed by atoms with Gasteiger partial charge in [0.15, 0.2) is 11.4 Å². The molecule has 0 aromatic heterocycles. The first-order chi connectivity index (χ1) is 12.8. The van der Waals surface area contributed by atoms with E-state index in [0.717, 1.165) is 6.07 Å². The number of halogens is 1. The van der Waals surface area contributed by atoms with Crippen LogP contribution >= 0.6 is 15.9 Å². The molecule has 0 unspecified atom stereocenters. The summed E-state index contributed by atoms with van der Waals surface area (Å²) in [5.41, 5.74) is -1.42. The Morgan fingerprint density at radius 1 is 1.33 bits per heavy atom. The number of hydrogen-bond donors (Lipinski definition) is 1. The Bertz CT molecular complexity index is 974. The van der Waals surface area contributed by atoms with Gasteiger partial charge in [0, 0.05) is 34.3 Å². The van der Waals surface area contributed by atoms with Crippen LogP contribution in [0, 0.1) is 10.1 Å². The van der Waals surface area contributed by atoms with E-state index in [-0.39, 0.29) is 17.8 Å². The lowest BCUT2D eigenvalue weighted by Gasteiger charge is -2.22. The highest BCUT2D eigenvalue weighted by Crippen LogP contribution is 2.44. The number of nitro groups is 1. The number of carbonyl (C=O) groups is 2. The van der Waals surface area contributed by atoms with E-state index >= 15 is 0 Å². The molecule has 0 radical (unpaired) electrons. The minimum Gasteiger partial charge on any atom is -0.375 e. The number of Topliss-reactive ketones (excluding diaryl/α,β-unsaturated/α-hetero) is 1. The SMILES string of the molecule is C=CCN1C(=O)[C@@](O)(CC(=O)c2cccc([N+](=O)[O-])c2)c2cc(Br)ccc21. The van der Waals surface area contributed by atoms with Crippen molar-refractivity contribution in [3.8, 4) is 0 Å². The van der Waals surface area contributed by atoms with E-state index in [4.69, 9.17) is 0 Å². The molecule has 0 saturated heterocycles. The maximum atomic E-state index is 12.9. The highest BCUT2D eigenvalue weighted by atomic mass is 79.9. The lowest BCUT2D eigenvalue weighted by atomic mass is 9.88. The molecule has 1 N–H and O–H groups in total. The van der Waals surface area contributed by atoms with Gasteiger partial charge in [0.05, 0.1) is 17.0 Å². The number of fused-ring (bicyclic) bond motifs is 1. The second-order valence-electron chi connectivity index (χ2n) is 6.13. The van der Waals surface area contributed by atoms with Gasteiger partial charge in [0.1, 0.15) is 0 Å². The first-order valence-electron chi connectivity index (χ1n) is 8.01. The van der Waals surface area contributed by atoms with Gasteiger partial charge < -0.3 is 10.0 Å². The third-order valence-electron chi connectivity index (χ3n) is 4.40. The van der Waals surface area contributed by atoms with Gasteiger partial charge in [-0.25, -0.2) is 0 Å². The molecule has 27 heavy (non-hydrogen) atoms. The Kier molecular flexibility index (Phi) is 4.95. The second-order valence-corrected chi connectivity index (χ2v) is 7.05. The van der Waals surface area contributed by atoms with Crippen LogP contribution in [0.2, 0.25) is 0 Å². The van der Waals surface area contributed by atoms with E-state index in [2.05, 4.69) is 22.5 Å². The van der Waals surface area contributed by atoms with Gasteiger partial charge in [-0.1, -0.05) is 34.1 Å². The van der Waals surface area contributed by atoms with Crippen molar-refractivity contribution in [2.24, 2.45) is 0 Å². The van der Waals surface area contributed by atoms with E-state index in [0.29, 0.717) is 15.7 Å². The Labute approximate surface area is 163 Å². The number of rotatable bonds is 6. The molecule has 0 aliphatic carbocycles. The average molecular weight is 431 g/mol. The first-order valence-corrected chi connectivity index (χ1v) is 8.80. The van der Waals surface area contributed by atoms with Crippen molar-refractivity contribution in [2.45, 2.75) is 12.0 Å². The number of anilines is 1. The van der Waals surface area contributed by atoms with Crippen LogP contribution in [0.5, 0.6) is 0 Å². The van der Waals surface area contributed by atoms with Gasteiger partial charge in [-0.2, -0.15) is 0 Å². The molecule has 2 aromatic carbocycles. The average Bonchev–Trinajstić information content (AvgIpc) is 2.84. The molecule has 0 saturated carbocycles. The Balaban J connectivity index is 2.00. The van der Waals surface area contributed by atoms with Gasteiger partial charge in [-0.3, -0.25) is 19.7 Å². The monoisotopic (exact) mass is 430 g/mol. The molecule has 1 aliphatic rings. The largest absolute Gasteiger partial charge is 0.375 e. The summed E-state index contributed by atoms with van der Waals surface area (Å²) >= 11 is 3.31. The number of aliphatic hydroxyl groups is 1. The molecular formula is C19H15BrN2O5. The van der Waals surface area contributed by atoms with Gasteiger partial charge in [0.2, 0.25) is 0 Å². The number of nitro benzene ring substituents is 1. The quantitative estimate of drug-likeness (QED) is 0.327. The van der Waals surface area contributed by atoms with Crippen molar-refractivity contribution in [3.63, 3.8) is 0 Å². The normalized spacial score (nSPS) is 18.3. The van der Waals surface area contributed by atoms with Crippen LogP contribution in [-0.2, 0) is 10.4 Å². The summed E-state index contributed by atoms with van der Waals surface area (Å²) in [4.78, 5) is 37.3. The minimum absolute atomic E-state index is 0.0594. The van der Waals surface area contributed by atoms with Crippen LogP contribution in [0.3, 0.4) is 0 Å². The zero-order valence-corrected chi connectivity index (χ0v) is 15.7. The zero-order valence-electron chi connectivity index (χ0n) is 14.1. The van der Waals surface area contributed by atoms with E-state index in [9.17, 15) is 24.8 Å². The van der Waals surface area contributed by atoms with Crippen molar-refractivity contribution < 1.29 is 19.6 Å². The summed E-state index contributed by atoms with van der Waals surface area (Å²) < 4.78 is 0.649. The van der Waals surface area contributed by atoms with Crippen molar-refractivity contribution in [1.82, 2.24) is 0 Å². The maximum Gasteiger partial charge on any atom is 0.270 e. The van der Waals surface area contributed by atoms with Crippen LogP contribution in [0.15, 0.2) is 59.6 Å². The number of ketones is 1. The molecule has 7 nitrogen and oxygen atoms in total. The van der Waals surface area contributed by atoms with Crippen LogP contribution in [-0.4, -0.2) is 28.3 Å². The molecule has 1 amide bonds. The molecule has 1 heterocycles. The number of benzene rings is 2. The predicted octanol–water partition coefficient (Wildman–Crippen LogP) is 3.35. The first kappa shape index (κ1) is 18.9. The predicted molar refractivity (Wildman–Crippen MR) is 103 cm³/mol. The van der Waals surface area contributed by atoms with Gasteiger partial charge in [-0.05, 0) is 18.2 Å². The molecule has 0 spiro atoms. The topological polar surface area (TPSA) is 101 Å². The molecule has 0 bridgehead atoms. The number of nitrogens with zero attached hydrogens (tertiary/aromatic N) is 2. The smallest absolute Gasteiger partial charge is 0.270 e. The number of amides is 1. The fourth-order valence-corrected chi connectivity index (χ4v) is 3.49. The third-order valence-corrected chi connectivity index (χ3v) is 4.89.